The summed E-state index contributed by atoms with van der Waals surface area (Å²) in [6.45, 7) is 1.73. The molecule has 0 saturated carbocycles. The van der Waals surface area contributed by atoms with Gasteiger partial charge in [-0.3, -0.25) is 0 Å². The molecule has 2 heterocycles. The Balaban J connectivity index is 1.99. The summed E-state index contributed by atoms with van der Waals surface area (Å²) in [7, 11) is 0. The van der Waals surface area contributed by atoms with Gasteiger partial charge in [-0.25, -0.2) is 4.98 Å². The molecule has 0 spiro atoms. The summed E-state index contributed by atoms with van der Waals surface area (Å²) < 4.78 is 0. The zero-order chi connectivity index (χ0) is 9.15. The van der Waals surface area contributed by atoms with Crippen LogP contribution in [-0.4, -0.2) is 28.8 Å². The van der Waals surface area contributed by atoms with Gasteiger partial charge in [0, 0.05) is 18.3 Å². The van der Waals surface area contributed by atoms with Gasteiger partial charge in [-0.05, 0) is 19.4 Å². The van der Waals surface area contributed by atoms with Gasteiger partial charge in [0.15, 0.2) is 0 Å². The average molecular weight is 198 g/mol. The predicted molar refractivity (Wildman–Crippen MR) is 52.9 cm³/mol. The van der Waals surface area contributed by atoms with Crippen LogP contribution in [0.4, 0.5) is 0 Å². The molecule has 0 bridgehead atoms. The lowest BCUT2D eigenvalue weighted by atomic mass is 9.90. The third-order valence-corrected chi connectivity index (χ3v) is 3.08. The van der Waals surface area contributed by atoms with Crippen molar-refractivity contribution in [2.75, 3.05) is 13.1 Å². The van der Waals surface area contributed by atoms with Crippen molar-refractivity contribution in [3.63, 3.8) is 0 Å². The standard InChI is InChI=1S/C9H14N2OS/c12-9(2-1-3-10-6-9)4-8-5-13-7-11-8/h5,7,10,12H,1-4,6H2. The molecule has 1 unspecified atom stereocenters. The normalized spacial score (nSPS) is 29.0. The number of nitrogens with zero attached hydrogens (tertiary/aromatic N) is 1. The maximum atomic E-state index is 10.1. The van der Waals surface area contributed by atoms with Gasteiger partial charge in [0.2, 0.25) is 0 Å². The van der Waals surface area contributed by atoms with E-state index in [4.69, 9.17) is 0 Å². The largest absolute Gasteiger partial charge is 0.388 e. The second kappa shape index (κ2) is 3.74. The first-order chi connectivity index (χ1) is 6.29. The first kappa shape index (κ1) is 9.12. The minimum atomic E-state index is -0.563. The monoisotopic (exact) mass is 198 g/mol. The molecule has 0 aromatic carbocycles. The fourth-order valence-corrected chi connectivity index (χ4v) is 2.32. The van der Waals surface area contributed by atoms with Crippen LogP contribution in [0.25, 0.3) is 0 Å². The van der Waals surface area contributed by atoms with Crippen LogP contribution in [0.1, 0.15) is 18.5 Å². The van der Waals surface area contributed by atoms with Crippen molar-refractivity contribution in [1.29, 1.82) is 0 Å². The maximum Gasteiger partial charge on any atom is 0.0827 e. The molecule has 4 heteroatoms. The first-order valence-electron chi connectivity index (χ1n) is 4.59. The molecule has 0 radical (unpaired) electrons. The van der Waals surface area contributed by atoms with E-state index >= 15 is 0 Å². The fraction of sp³-hybridized carbons (Fsp3) is 0.667. The Hall–Kier alpha value is -0.450. The van der Waals surface area contributed by atoms with Crippen LogP contribution in [0, 0.1) is 0 Å². The highest BCUT2D eigenvalue weighted by atomic mass is 32.1. The zero-order valence-corrected chi connectivity index (χ0v) is 8.31. The summed E-state index contributed by atoms with van der Waals surface area (Å²) >= 11 is 1.58. The van der Waals surface area contributed by atoms with Gasteiger partial charge in [-0.2, -0.15) is 0 Å². The molecule has 3 nitrogen and oxygen atoms in total. The SMILES string of the molecule is OC1(Cc2cscn2)CCCNC1. The topological polar surface area (TPSA) is 45.2 Å². The number of hydrogen-bond acceptors (Lipinski definition) is 4. The minimum Gasteiger partial charge on any atom is -0.388 e. The summed E-state index contributed by atoms with van der Waals surface area (Å²) in [6, 6.07) is 0. The van der Waals surface area contributed by atoms with Crippen LogP contribution < -0.4 is 5.32 Å². The van der Waals surface area contributed by atoms with E-state index in [0.717, 1.165) is 25.1 Å². The predicted octanol–water partition coefficient (Wildman–Crippen LogP) is 0.800. The molecule has 1 aromatic heterocycles. The molecule has 1 aromatic rings. The Bertz CT molecular complexity index is 255. The van der Waals surface area contributed by atoms with Crippen molar-refractivity contribution >= 4 is 11.3 Å². The molecule has 1 aliphatic rings. The van der Waals surface area contributed by atoms with Gasteiger partial charge in [0.05, 0.1) is 16.8 Å². The van der Waals surface area contributed by atoms with E-state index in [-0.39, 0.29) is 0 Å². The number of rotatable bonds is 2. The lowest BCUT2D eigenvalue weighted by molar-refractivity contribution is 0.0162. The van der Waals surface area contributed by atoms with E-state index in [2.05, 4.69) is 10.3 Å². The molecule has 0 amide bonds. The van der Waals surface area contributed by atoms with Gasteiger partial charge >= 0.3 is 0 Å². The summed E-state index contributed by atoms with van der Waals surface area (Å²) in [4.78, 5) is 4.19. The van der Waals surface area contributed by atoms with Crippen LogP contribution in [0.15, 0.2) is 10.9 Å². The van der Waals surface area contributed by atoms with Crippen molar-refractivity contribution in [2.24, 2.45) is 0 Å². The third-order valence-electron chi connectivity index (χ3n) is 2.44. The molecular weight excluding hydrogens is 184 g/mol. The Morgan fingerprint density at radius 2 is 2.62 bits per heavy atom. The number of hydrogen-bond donors (Lipinski definition) is 2. The van der Waals surface area contributed by atoms with Gasteiger partial charge in [0.1, 0.15) is 0 Å². The van der Waals surface area contributed by atoms with Crippen LogP contribution in [0.2, 0.25) is 0 Å². The van der Waals surface area contributed by atoms with Crippen LogP contribution in [0.5, 0.6) is 0 Å². The van der Waals surface area contributed by atoms with Crippen LogP contribution in [-0.2, 0) is 6.42 Å². The molecule has 72 valence electrons. The molecule has 1 atom stereocenters. The lowest BCUT2D eigenvalue weighted by Gasteiger charge is -2.32. The van der Waals surface area contributed by atoms with E-state index in [1.165, 1.54) is 0 Å². The highest BCUT2D eigenvalue weighted by molar-refractivity contribution is 7.07. The summed E-state index contributed by atoms with van der Waals surface area (Å²) in [5.74, 6) is 0. The third kappa shape index (κ3) is 2.27. The van der Waals surface area contributed by atoms with Gasteiger partial charge in [-0.1, -0.05) is 0 Å². The molecule has 2 N–H and O–H groups in total. The first-order valence-corrected chi connectivity index (χ1v) is 5.53. The number of aromatic nitrogens is 1. The Kier molecular flexibility index (Phi) is 2.62. The van der Waals surface area contributed by atoms with Crippen molar-refractivity contribution in [2.45, 2.75) is 24.9 Å². The summed E-state index contributed by atoms with van der Waals surface area (Å²) in [5.41, 5.74) is 2.26. The van der Waals surface area contributed by atoms with Crippen LogP contribution >= 0.6 is 11.3 Å². The molecule has 1 saturated heterocycles. The molecule has 0 aliphatic carbocycles. The number of aliphatic hydroxyl groups is 1. The zero-order valence-electron chi connectivity index (χ0n) is 7.49. The lowest BCUT2D eigenvalue weighted by Crippen LogP contribution is -2.47. The Labute approximate surface area is 81.8 Å². The quantitative estimate of drug-likeness (QED) is 0.739. The summed E-state index contributed by atoms with van der Waals surface area (Å²) in [6.07, 6.45) is 2.63. The number of nitrogens with one attached hydrogen (secondary N) is 1. The second-order valence-corrected chi connectivity index (χ2v) is 4.38. The van der Waals surface area contributed by atoms with E-state index in [0.29, 0.717) is 13.0 Å². The molecule has 1 fully saturated rings. The average Bonchev–Trinajstić information content (AvgIpc) is 2.57. The smallest absolute Gasteiger partial charge is 0.0827 e. The molecular formula is C9H14N2OS. The van der Waals surface area contributed by atoms with Gasteiger partial charge < -0.3 is 10.4 Å². The highest BCUT2D eigenvalue weighted by Gasteiger charge is 2.29. The second-order valence-electron chi connectivity index (χ2n) is 3.66. The number of β-amino-alcohol motifs (C(OH)–C–C–N with tert-alkyl or cyclic N) is 1. The van der Waals surface area contributed by atoms with E-state index in [1.54, 1.807) is 11.3 Å². The van der Waals surface area contributed by atoms with Crippen molar-refractivity contribution in [3.05, 3.63) is 16.6 Å². The van der Waals surface area contributed by atoms with Crippen molar-refractivity contribution < 1.29 is 5.11 Å². The molecule has 1 aliphatic heterocycles. The number of piperidine rings is 1. The van der Waals surface area contributed by atoms with E-state index < -0.39 is 5.60 Å². The maximum absolute atomic E-state index is 10.1. The molecule has 13 heavy (non-hydrogen) atoms. The fourth-order valence-electron chi connectivity index (χ4n) is 1.76. The van der Waals surface area contributed by atoms with Gasteiger partial charge in [-0.15, -0.1) is 11.3 Å². The highest BCUT2D eigenvalue weighted by Crippen LogP contribution is 2.20. The van der Waals surface area contributed by atoms with Crippen LogP contribution in [0.3, 0.4) is 0 Å². The Morgan fingerprint density at radius 1 is 1.69 bits per heavy atom. The van der Waals surface area contributed by atoms with E-state index in [9.17, 15) is 5.11 Å². The Morgan fingerprint density at radius 3 is 3.23 bits per heavy atom. The summed E-state index contributed by atoms with van der Waals surface area (Å²) in [5, 5.41) is 15.4. The van der Waals surface area contributed by atoms with Crippen molar-refractivity contribution in [3.8, 4) is 0 Å². The van der Waals surface area contributed by atoms with Crippen molar-refractivity contribution in [1.82, 2.24) is 10.3 Å². The molecule has 2 rings (SSSR count). The minimum absolute atomic E-state index is 0.563. The van der Waals surface area contributed by atoms with E-state index in [1.807, 2.05) is 10.9 Å². The van der Waals surface area contributed by atoms with Gasteiger partial charge in [0.25, 0.3) is 0 Å². The number of thiazole rings is 1.